The molecule has 1 amide bonds. The van der Waals surface area contributed by atoms with Gasteiger partial charge in [-0.3, -0.25) is 4.79 Å². The van der Waals surface area contributed by atoms with E-state index in [1.54, 1.807) is 28.9 Å². The van der Waals surface area contributed by atoms with E-state index in [9.17, 15) is 9.59 Å². The Bertz CT molecular complexity index is 948. The third-order valence-electron chi connectivity index (χ3n) is 4.05. The summed E-state index contributed by atoms with van der Waals surface area (Å²) in [4.78, 5) is 24.6. The summed E-state index contributed by atoms with van der Waals surface area (Å²) in [5, 5.41) is 7.13. The Morgan fingerprint density at radius 1 is 1.11 bits per heavy atom. The number of aromatic nitrogens is 2. The number of nitrogens with one attached hydrogen (secondary N) is 1. The molecule has 1 aromatic heterocycles. The van der Waals surface area contributed by atoms with Crippen molar-refractivity contribution in [1.82, 2.24) is 9.78 Å². The van der Waals surface area contributed by atoms with Gasteiger partial charge in [-0.2, -0.15) is 5.10 Å². The van der Waals surface area contributed by atoms with Gasteiger partial charge in [0.25, 0.3) is 5.91 Å². The number of benzene rings is 2. The van der Waals surface area contributed by atoms with E-state index in [-0.39, 0.29) is 5.91 Å². The molecule has 1 N–H and O–H groups in total. The molecule has 0 radical (unpaired) electrons. The minimum atomic E-state index is -0.402. The van der Waals surface area contributed by atoms with Gasteiger partial charge in [0.2, 0.25) is 0 Å². The van der Waals surface area contributed by atoms with Crippen LogP contribution < -0.4 is 5.32 Å². The van der Waals surface area contributed by atoms with Gasteiger partial charge in [-0.1, -0.05) is 31.2 Å². The van der Waals surface area contributed by atoms with Crippen LogP contribution in [0.1, 0.15) is 39.8 Å². The Morgan fingerprint density at radius 3 is 2.63 bits per heavy atom. The SMILES string of the molecule is CCCOC(=O)c1cccc(NC(=O)c2cnn(-c3ccccc3)c2C)c1. The highest BCUT2D eigenvalue weighted by Crippen LogP contribution is 2.17. The van der Waals surface area contributed by atoms with Gasteiger partial charge >= 0.3 is 5.97 Å². The molecule has 0 aliphatic rings. The smallest absolute Gasteiger partial charge is 0.338 e. The Kier molecular flexibility index (Phi) is 5.66. The van der Waals surface area contributed by atoms with Crippen molar-refractivity contribution >= 4 is 17.6 Å². The van der Waals surface area contributed by atoms with E-state index in [0.717, 1.165) is 17.8 Å². The Hall–Kier alpha value is -3.41. The van der Waals surface area contributed by atoms with Gasteiger partial charge in [0.05, 0.1) is 35.3 Å². The Balaban J connectivity index is 1.77. The van der Waals surface area contributed by atoms with Gasteiger partial charge < -0.3 is 10.1 Å². The molecule has 0 spiro atoms. The number of carbonyl (C=O) groups excluding carboxylic acids is 2. The first kappa shape index (κ1) is 18.4. The number of ether oxygens (including phenoxy) is 1. The number of amides is 1. The third-order valence-corrected chi connectivity index (χ3v) is 4.05. The number of anilines is 1. The number of para-hydroxylation sites is 1. The van der Waals surface area contributed by atoms with Crippen molar-refractivity contribution < 1.29 is 14.3 Å². The second-order valence-corrected chi connectivity index (χ2v) is 6.06. The van der Waals surface area contributed by atoms with Crippen LogP contribution in [0.15, 0.2) is 60.8 Å². The highest BCUT2D eigenvalue weighted by Gasteiger charge is 2.16. The predicted molar refractivity (Wildman–Crippen MR) is 103 cm³/mol. The van der Waals surface area contributed by atoms with Crippen molar-refractivity contribution in [3.05, 3.63) is 77.6 Å². The maximum Gasteiger partial charge on any atom is 0.338 e. The summed E-state index contributed by atoms with van der Waals surface area (Å²) in [7, 11) is 0. The quantitative estimate of drug-likeness (QED) is 0.672. The fraction of sp³-hybridized carbons (Fsp3) is 0.190. The monoisotopic (exact) mass is 363 g/mol. The maximum atomic E-state index is 12.7. The average Bonchev–Trinajstić information content (AvgIpc) is 3.08. The molecule has 0 saturated carbocycles. The number of carbonyl (C=O) groups is 2. The van der Waals surface area contributed by atoms with Gasteiger partial charge in [0.15, 0.2) is 0 Å². The second-order valence-electron chi connectivity index (χ2n) is 6.06. The molecule has 0 atom stereocenters. The van der Waals surface area contributed by atoms with E-state index < -0.39 is 5.97 Å². The van der Waals surface area contributed by atoms with Gasteiger partial charge in [0, 0.05) is 5.69 Å². The fourth-order valence-electron chi connectivity index (χ4n) is 2.66. The van der Waals surface area contributed by atoms with Crippen LogP contribution >= 0.6 is 0 Å². The van der Waals surface area contributed by atoms with Crippen molar-refractivity contribution in [2.75, 3.05) is 11.9 Å². The molecule has 0 saturated heterocycles. The lowest BCUT2D eigenvalue weighted by Gasteiger charge is -2.08. The molecule has 2 aromatic carbocycles. The zero-order valence-corrected chi connectivity index (χ0v) is 15.3. The van der Waals surface area contributed by atoms with E-state index in [4.69, 9.17) is 4.74 Å². The van der Waals surface area contributed by atoms with Crippen molar-refractivity contribution in [3.63, 3.8) is 0 Å². The first-order valence-electron chi connectivity index (χ1n) is 8.78. The molecule has 0 aliphatic carbocycles. The standard InChI is InChI=1S/C21H21N3O3/c1-3-12-27-21(26)16-8-7-9-17(13-16)23-20(25)19-14-22-24(15(19)2)18-10-5-4-6-11-18/h4-11,13-14H,3,12H2,1-2H3,(H,23,25). The van der Waals surface area contributed by atoms with Crippen LogP contribution in [0.2, 0.25) is 0 Å². The molecular formula is C21H21N3O3. The van der Waals surface area contributed by atoms with E-state index >= 15 is 0 Å². The largest absolute Gasteiger partial charge is 0.462 e. The summed E-state index contributed by atoms with van der Waals surface area (Å²) in [5.74, 6) is -0.685. The average molecular weight is 363 g/mol. The first-order chi connectivity index (χ1) is 13.1. The number of rotatable bonds is 6. The van der Waals surface area contributed by atoms with Gasteiger partial charge in [-0.05, 0) is 43.7 Å². The summed E-state index contributed by atoms with van der Waals surface area (Å²) in [5.41, 5.74) is 3.01. The van der Waals surface area contributed by atoms with Crippen molar-refractivity contribution in [3.8, 4) is 5.69 Å². The molecule has 0 aliphatic heterocycles. The predicted octanol–water partition coefficient (Wildman–Crippen LogP) is 4.00. The van der Waals surface area contributed by atoms with Crippen molar-refractivity contribution in [2.24, 2.45) is 0 Å². The Labute approximate surface area is 157 Å². The van der Waals surface area contributed by atoms with Crippen molar-refractivity contribution in [1.29, 1.82) is 0 Å². The molecular weight excluding hydrogens is 342 g/mol. The highest BCUT2D eigenvalue weighted by molar-refractivity contribution is 6.05. The van der Waals surface area contributed by atoms with E-state index in [0.29, 0.717) is 23.4 Å². The first-order valence-corrected chi connectivity index (χ1v) is 8.78. The number of hydrogen-bond donors (Lipinski definition) is 1. The van der Waals surface area contributed by atoms with Crippen LogP contribution in [-0.4, -0.2) is 28.3 Å². The van der Waals surface area contributed by atoms with E-state index in [1.807, 2.05) is 44.2 Å². The number of esters is 1. The lowest BCUT2D eigenvalue weighted by Crippen LogP contribution is -2.14. The molecule has 6 heteroatoms. The molecule has 27 heavy (non-hydrogen) atoms. The van der Waals surface area contributed by atoms with E-state index in [1.165, 1.54) is 6.20 Å². The van der Waals surface area contributed by atoms with Crippen LogP contribution in [0.4, 0.5) is 5.69 Å². The van der Waals surface area contributed by atoms with Gasteiger partial charge in [-0.15, -0.1) is 0 Å². The molecule has 3 aromatic rings. The maximum absolute atomic E-state index is 12.7. The molecule has 6 nitrogen and oxygen atoms in total. The van der Waals surface area contributed by atoms with Gasteiger partial charge in [-0.25, -0.2) is 9.48 Å². The number of nitrogens with zero attached hydrogens (tertiary/aromatic N) is 2. The lowest BCUT2D eigenvalue weighted by molar-refractivity contribution is 0.0505. The molecule has 138 valence electrons. The summed E-state index contributed by atoms with van der Waals surface area (Å²) < 4.78 is 6.84. The minimum Gasteiger partial charge on any atom is -0.462 e. The summed E-state index contributed by atoms with van der Waals surface area (Å²) in [6.07, 6.45) is 2.30. The van der Waals surface area contributed by atoms with Gasteiger partial charge in [0.1, 0.15) is 0 Å². The summed E-state index contributed by atoms with van der Waals surface area (Å²) >= 11 is 0. The third kappa shape index (κ3) is 4.23. The molecule has 3 rings (SSSR count). The topological polar surface area (TPSA) is 73.2 Å². The van der Waals surface area contributed by atoms with Crippen LogP contribution in [0.3, 0.4) is 0 Å². The molecule has 0 bridgehead atoms. The van der Waals surface area contributed by atoms with Crippen LogP contribution in [0.25, 0.3) is 5.69 Å². The molecule has 1 heterocycles. The zero-order chi connectivity index (χ0) is 19.2. The number of hydrogen-bond acceptors (Lipinski definition) is 4. The zero-order valence-electron chi connectivity index (χ0n) is 15.3. The molecule has 0 unspecified atom stereocenters. The minimum absolute atomic E-state index is 0.284. The summed E-state index contributed by atoms with van der Waals surface area (Å²) in [6, 6.07) is 16.3. The van der Waals surface area contributed by atoms with Crippen LogP contribution in [0.5, 0.6) is 0 Å². The second kappa shape index (κ2) is 8.31. The van der Waals surface area contributed by atoms with Crippen molar-refractivity contribution in [2.45, 2.75) is 20.3 Å². The van der Waals surface area contributed by atoms with Crippen LogP contribution in [0, 0.1) is 6.92 Å². The summed E-state index contributed by atoms with van der Waals surface area (Å²) in [6.45, 7) is 4.14. The van der Waals surface area contributed by atoms with Crippen LogP contribution in [-0.2, 0) is 4.74 Å². The van der Waals surface area contributed by atoms with E-state index in [2.05, 4.69) is 10.4 Å². The normalized spacial score (nSPS) is 10.4. The Morgan fingerprint density at radius 2 is 1.89 bits per heavy atom. The fourth-order valence-corrected chi connectivity index (χ4v) is 2.66. The lowest BCUT2D eigenvalue weighted by atomic mass is 10.2. The highest BCUT2D eigenvalue weighted by atomic mass is 16.5. The molecule has 0 fully saturated rings.